The van der Waals surface area contributed by atoms with Crippen LogP contribution in [0.3, 0.4) is 0 Å². The van der Waals surface area contributed by atoms with Crippen LogP contribution in [0.4, 0.5) is 0 Å². The van der Waals surface area contributed by atoms with Crippen molar-refractivity contribution in [2.24, 2.45) is 0 Å². The molecule has 17 heavy (non-hydrogen) atoms. The quantitative estimate of drug-likeness (QED) is 0.670. The van der Waals surface area contributed by atoms with Crippen LogP contribution in [0.1, 0.15) is 11.3 Å². The summed E-state index contributed by atoms with van der Waals surface area (Å²) in [5, 5.41) is 1.32. The third-order valence-corrected chi connectivity index (χ3v) is 3.12. The van der Waals surface area contributed by atoms with Crippen LogP contribution < -0.4 is 0 Å². The first-order valence-electron chi connectivity index (χ1n) is 5.23. The SMILES string of the molecule is Cc1[nH]c2nc(-c3ccco3)nc(Cl)c2c1C. The minimum Gasteiger partial charge on any atom is -0.461 e. The third-order valence-electron chi connectivity index (χ3n) is 2.85. The number of aromatic amines is 1. The number of fused-ring (bicyclic) bond motifs is 1. The average molecular weight is 248 g/mol. The molecule has 0 radical (unpaired) electrons. The molecule has 0 atom stereocenters. The van der Waals surface area contributed by atoms with Gasteiger partial charge in [-0.1, -0.05) is 11.6 Å². The van der Waals surface area contributed by atoms with E-state index in [4.69, 9.17) is 16.0 Å². The summed E-state index contributed by atoms with van der Waals surface area (Å²) < 4.78 is 5.26. The Morgan fingerprint density at radius 1 is 1.29 bits per heavy atom. The van der Waals surface area contributed by atoms with E-state index in [0.29, 0.717) is 16.7 Å². The van der Waals surface area contributed by atoms with E-state index in [1.807, 2.05) is 13.8 Å². The van der Waals surface area contributed by atoms with Gasteiger partial charge in [-0.05, 0) is 31.5 Å². The van der Waals surface area contributed by atoms with E-state index in [9.17, 15) is 0 Å². The van der Waals surface area contributed by atoms with E-state index < -0.39 is 0 Å². The van der Waals surface area contributed by atoms with Gasteiger partial charge in [0.25, 0.3) is 0 Å². The number of H-pyrrole nitrogens is 1. The van der Waals surface area contributed by atoms with Crippen LogP contribution in [0.5, 0.6) is 0 Å². The Bertz CT molecular complexity index is 685. The zero-order chi connectivity index (χ0) is 12.0. The highest BCUT2D eigenvalue weighted by Gasteiger charge is 2.14. The molecule has 0 spiro atoms. The van der Waals surface area contributed by atoms with Gasteiger partial charge >= 0.3 is 0 Å². The van der Waals surface area contributed by atoms with E-state index in [1.54, 1.807) is 18.4 Å². The van der Waals surface area contributed by atoms with Gasteiger partial charge in [-0.2, -0.15) is 0 Å². The maximum atomic E-state index is 6.18. The fourth-order valence-corrected chi connectivity index (χ4v) is 2.14. The Hall–Kier alpha value is -1.81. The molecule has 0 aliphatic carbocycles. The van der Waals surface area contributed by atoms with Crippen molar-refractivity contribution in [2.45, 2.75) is 13.8 Å². The van der Waals surface area contributed by atoms with Crippen LogP contribution in [0.2, 0.25) is 5.15 Å². The largest absolute Gasteiger partial charge is 0.461 e. The van der Waals surface area contributed by atoms with Crippen molar-refractivity contribution >= 4 is 22.6 Å². The molecule has 0 aromatic carbocycles. The van der Waals surface area contributed by atoms with E-state index >= 15 is 0 Å². The minimum atomic E-state index is 0.447. The minimum absolute atomic E-state index is 0.447. The number of aryl methyl sites for hydroxylation is 2. The summed E-state index contributed by atoms with van der Waals surface area (Å²) in [7, 11) is 0. The maximum Gasteiger partial charge on any atom is 0.199 e. The second-order valence-electron chi connectivity index (χ2n) is 3.91. The lowest BCUT2D eigenvalue weighted by Crippen LogP contribution is -1.89. The van der Waals surface area contributed by atoms with Crippen LogP contribution in [0.15, 0.2) is 22.8 Å². The summed E-state index contributed by atoms with van der Waals surface area (Å²) in [4.78, 5) is 11.9. The first kappa shape index (κ1) is 10.4. The third kappa shape index (κ3) is 1.52. The molecule has 0 bridgehead atoms. The molecule has 3 aromatic heterocycles. The maximum absolute atomic E-state index is 6.18. The van der Waals surface area contributed by atoms with Crippen LogP contribution >= 0.6 is 11.6 Å². The summed E-state index contributed by atoms with van der Waals surface area (Å²) in [6.07, 6.45) is 1.59. The van der Waals surface area contributed by atoms with Crippen molar-refractivity contribution in [3.63, 3.8) is 0 Å². The molecule has 4 nitrogen and oxygen atoms in total. The number of rotatable bonds is 1. The summed E-state index contributed by atoms with van der Waals surface area (Å²) in [6, 6.07) is 3.60. The summed E-state index contributed by atoms with van der Waals surface area (Å²) in [6.45, 7) is 3.98. The molecule has 1 N–H and O–H groups in total. The predicted octanol–water partition coefficient (Wildman–Crippen LogP) is 3.49. The fraction of sp³-hybridized carbons (Fsp3) is 0.167. The fourth-order valence-electron chi connectivity index (χ4n) is 1.83. The lowest BCUT2D eigenvalue weighted by molar-refractivity contribution is 0.577. The number of nitrogens with one attached hydrogen (secondary N) is 1. The van der Waals surface area contributed by atoms with Crippen molar-refractivity contribution < 1.29 is 4.42 Å². The van der Waals surface area contributed by atoms with Crippen molar-refractivity contribution in [2.75, 3.05) is 0 Å². The summed E-state index contributed by atoms with van der Waals surface area (Å²) in [5.41, 5.74) is 2.87. The molecule has 5 heteroatoms. The normalized spacial score (nSPS) is 11.2. The molecule has 0 saturated heterocycles. The zero-order valence-corrected chi connectivity index (χ0v) is 10.2. The van der Waals surface area contributed by atoms with E-state index in [-0.39, 0.29) is 0 Å². The van der Waals surface area contributed by atoms with Crippen LogP contribution in [0.25, 0.3) is 22.6 Å². The standard InChI is InChI=1S/C12H10ClN3O/c1-6-7(2)14-12-9(6)10(13)15-11(16-12)8-4-3-5-17-8/h3-5H,1-2H3,(H,14,15,16). The van der Waals surface area contributed by atoms with E-state index in [1.165, 1.54) is 0 Å². The molecule has 3 rings (SSSR count). The van der Waals surface area contributed by atoms with Crippen molar-refractivity contribution in [3.8, 4) is 11.6 Å². The monoisotopic (exact) mass is 247 g/mol. The first-order chi connectivity index (χ1) is 8.16. The zero-order valence-electron chi connectivity index (χ0n) is 9.41. The van der Waals surface area contributed by atoms with Crippen molar-refractivity contribution in [1.82, 2.24) is 15.0 Å². The number of hydrogen-bond donors (Lipinski definition) is 1. The van der Waals surface area contributed by atoms with Gasteiger partial charge in [0.1, 0.15) is 10.8 Å². The molecule has 0 fully saturated rings. The highest BCUT2D eigenvalue weighted by molar-refractivity contribution is 6.34. The smallest absolute Gasteiger partial charge is 0.199 e. The Kier molecular flexibility index (Phi) is 2.19. The summed E-state index contributed by atoms with van der Waals surface area (Å²) in [5.74, 6) is 1.10. The molecule has 0 saturated carbocycles. The lowest BCUT2D eigenvalue weighted by Gasteiger charge is -1.99. The second-order valence-corrected chi connectivity index (χ2v) is 4.27. The molecule has 0 aliphatic rings. The first-order valence-corrected chi connectivity index (χ1v) is 5.61. The molecular formula is C12H10ClN3O. The second kappa shape index (κ2) is 3.60. The topological polar surface area (TPSA) is 54.7 Å². The number of hydrogen-bond acceptors (Lipinski definition) is 3. The molecule has 3 aromatic rings. The van der Waals surface area contributed by atoms with E-state index in [0.717, 1.165) is 22.3 Å². The average Bonchev–Trinajstić information content (AvgIpc) is 2.88. The number of aromatic nitrogens is 3. The van der Waals surface area contributed by atoms with Crippen LogP contribution in [-0.2, 0) is 0 Å². The van der Waals surface area contributed by atoms with Crippen molar-refractivity contribution in [1.29, 1.82) is 0 Å². The van der Waals surface area contributed by atoms with Gasteiger partial charge < -0.3 is 9.40 Å². The molecule has 0 unspecified atom stereocenters. The van der Waals surface area contributed by atoms with Crippen molar-refractivity contribution in [3.05, 3.63) is 34.8 Å². The van der Waals surface area contributed by atoms with Gasteiger partial charge in [0.2, 0.25) is 0 Å². The predicted molar refractivity (Wildman–Crippen MR) is 66.1 cm³/mol. The Morgan fingerprint density at radius 3 is 2.82 bits per heavy atom. The molecule has 86 valence electrons. The molecule has 0 aliphatic heterocycles. The van der Waals surface area contributed by atoms with Gasteiger partial charge in [0.15, 0.2) is 11.6 Å². The number of halogens is 1. The molecular weight excluding hydrogens is 238 g/mol. The Balaban J connectivity index is 2.32. The Labute approximate surface area is 103 Å². The summed E-state index contributed by atoms with van der Waals surface area (Å²) >= 11 is 6.18. The molecule has 3 heterocycles. The van der Waals surface area contributed by atoms with Gasteiger partial charge in [-0.25, -0.2) is 9.97 Å². The van der Waals surface area contributed by atoms with Gasteiger partial charge in [-0.15, -0.1) is 0 Å². The highest BCUT2D eigenvalue weighted by Crippen LogP contribution is 2.28. The number of nitrogens with zero attached hydrogens (tertiary/aromatic N) is 2. The lowest BCUT2D eigenvalue weighted by atomic mass is 10.2. The number of furan rings is 1. The van der Waals surface area contributed by atoms with E-state index in [2.05, 4.69) is 15.0 Å². The van der Waals surface area contributed by atoms with Gasteiger partial charge in [0.05, 0.1) is 11.6 Å². The molecule has 0 amide bonds. The Morgan fingerprint density at radius 2 is 2.12 bits per heavy atom. The van der Waals surface area contributed by atoms with Gasteiger partial charge in [-0.3, -0.25) is 0 Å². The van der Waals surface area contributed by atoms with Crippen LogP contribution in [0, 0.1) is 13.8 Å². The highest BCUT2D eigenvalue weighted by atomic mass is 35.5. The van der Waals surface area contributed by atoms with Gasteiger partial charge in [0, 0.05) is 5.69 Å². The van der Waals surface area contributed by atoms with Crippen LogP contribution in [-0.4, -0.2) is 15.0 Å².